The Morgan fingerprint density at radius 2 is 1.67 bits per heavy atom. The van der Waals surface area contributed by atoms with Crippen molar-refractivity contribution in [2.24, 2.45) is 0 Å². The van der Waals surface area contributed by atoms with E-state index in [9.17, 15) is 19.5 Å². The van der Waals surface area contributed by atoms with Crippen molar-refractivity contribution in [3.63, 3.8) is 0 Å². The second-order valence-electron chi connectivity index (χ2n) is 9.74. The summed E-state index contributed by atoms with van der Waals surface area (Å²) >= 11 is 0. The van der Waals surface area contributed by atoms with Gasteiger partial charge in [-0.3, -0.25) is 19.2 Å². The molecule has 1 aliphatic rings. The maximum Gasteiger partial charge on any atom is 0.412 e. The van der Waals surface area contributed by atoms with E-state index >= 15 is 0 Å². The largest absolute Gasteiger partial charge is 0.494 e. The second-order valence-corrected chi connectivity index (χ2v) is 9.74. The Hall–Kier alpha value is -4.08. The topological polar surface area (TPSA) is 108 Å². The Morgan fingerprint density at radius 1 is 1.03 bits per heavy atom. The lowest BCUT2D eigenvalue weighted by Crippen LogP contribution is -2.51. The van der Waals surface area contributed by atoms with E-state index in [0.29, 0.717) is 54.1 Å². The zero-order chi connectivity index (χ0) is 26.0. The van der Waals surface area contributed by atoms with Gasteiger partial charge < -0.3 is 19.6 Å². The fourth-order valence-electron chi connectivity index (χ4n) is 4.42. The van der Waals surface area contributed by atoms with E-state index in [1.54, 1.807) is 65.7 Å². The minimum absolute atomic E-state index is 0.0311. The molecule has 190 valence electrons. The van der Waals surface area contributed by atoms with Gasteiger partial charge in [0.2, 0.25) is 5.91 Å². The van der Waals surface area contributed by atoms with Crippen molar-refractivity contribution in [3.05, 3.63) is 54.2 Å². The summed E-state index contributed by atoms with van der Waals surface area (Å²) in [6, 6.07) is 12.5. The molecule has 10 nitrogen and oxygen atoms in total. The van der Waals surface area contributed by atoms with Crippen LogP contribution in [0.3, 0.4) is 0 Å². The molecule has 0 bridgehead atoms. The van der Waals surface area contributed by atoms with Crippen LogP contribution in [0.15, 0.2) is 48.7 Å². The van der Waals surface area contributed by atoms with Crippen LogP contribution in [0.4, 0.5) is 10.5 Å². The molecule has 0 aliphatic carbocycles. The number of aromatic nitrogens is 2. The Bertz CT molecular complexity index is 1270. The highest BCUT2D eigenvalue weighted by Gasteiger charge is 2.31. The van der Waals surface area contributed by atoms with E-state index in [0.717, 1.165) is 0 Å². The average Bonchev–Trinajstić information content (AvgIpc) is 3.23. The Balaban J connectivity index is 1.46. The zero-order valence-electron chi connectivity index (χ0n) is 21.0. The van der Waals surface area contributed by atoms with E-state index < -0.39 is 11.6 Å². The third kappa shape index (κ3) is 5.12. The van der Waals surface area contributed by atoms with E-state index in [2.05, 4.69) is 5.10 Å². The fraction of sp³-hybridized carbons (Fsp3) is 0.385. The molecule has 1 saturated heterocycles. The fourth-order valence-corrected chi connectivity index (χ4v) is 4.42. The first-order chi connectivity index (χ1) is 17.1. The predicted octanol–water partition coefficient (Wildman–Crippen LogP) is 3.31. The third-order valence-electron chi connectivity index (χ3n) is 6.19. The van der Waals surface area contributed by atoms with Crippen molar-refractivity contribution in [2.45, 2.75) is 32.9 Å². The number of piperazine rings is 1. The molecule has 1 fully saturated rings. The van der Waals surface area contributed by atoms with Crippen LogP contribution in [0, 0.1) is 0 Å². The molecular formula is C26H31N5O5. The number of ether oxygens (including phenoxy) is 1. The van der Waals surface area contributed by atoms with Gasteiger partial charge in [-0.2, -0.15) is 5.10 Å². The highest BCUT2D eigenvalue weighted by molar-refractivity contribution is 5.95. The summed E-state index contributed by atoms with van der Waals surface area (Å²) in [5.74, 6) is 0.260. The second kappa shape index (κ2) is 9.88. The van der Waals surface area contributed by atoms with Crippen molar-refractivity contribution in [1.82, 2.24) is 19.6 Å². The average molecular weight is 494 g/mol. The van der Waals surface area contributed by atoms with E-state index in [1.165, 1.54) is 12.0 Å². The van der Waals surface area contributed by atoms with Gasteiger partial charge in [0.25, 0.3) is 5.91 Å². The van der Waals surface area contributed by atoms with Gasteiger partial charge in [-0.1, -0.05) is 18.2 Å². The predicted molar refractivity (Wildman–Crippen MR) is 135 cm³/mol. The van der Waals surface area contributed by atoms with Crippen molar-refractivity contribution >= 4 is 34.5 Å². The number of methoxy groups -OCH3 is 1. The number of fused-ring (bicyclic) bond motifs is 1. The summed E-state index contributed by atoms with van der Waals surface area (Å²) in [4.78, 5) is 42.4. The monoisotopic (exact) mass is 493 g/mol. The van der Waals surface area contributed by atoms with Crippen LogP contribution in [0.1, 0.15) is 31.1 Å². The van der Waals surface area contributed by atoms with Crippen molar-refractivity contribution in [3.8, 4) is 5.75 Å². The van der Waals surface area contributed by atoms with Crippen LogP contribution in [0.25, 0.3) is 10.9 Å². The van der Waals surface area contributed by atoms with Crippen LogP contribution in [0.5, 0.6) is 5.75 Å². The molecule has 4 rings (SSSR count). The highest BCUT2D eigenvalue weighted by Crippen LogP contribution is 2.36. The Morgan fingerprint density at radius 3 is 2.25 bits per heavy atom. The summed E-state index contributed by atoms with van der Waals surface area (Å²) in [5.41, 5.74) is 0.960. The molecule has 36 heavy (non-hydrogen) atoms. The lowest BCUT2D eigenvalue weighted by atomic mass is 10.0. The van der Waals surface area contributed by atoms with Gasteiger partial charge in [-0.25, -0.2) is 4.79 Å². The lowest BCUT2D eigenvalue weighted by molar-refractivity contribution is -0.133. The smallest absolute Gasteiger partial charge is 0.412 e. The van der Waals surface area contributed by atoms with Gasteiger partial charge in [0.15, 0.2) is 0 Å². The van der Waals surface area contributed by atoms with Crippen molar-refractivity contribution in [1.29, 1.82) is 0 Å². The number of rotatable bonds is 5. The number of carboxylic acid groups (broad SMARTS) is 1. The normalized spacial score (nSPS) is 14.1. The molecule has 2 aromatic carbocycles. The number of amides is 3. The summed E-state index contributed by atoms with van der Waals surface area (Å²) in [7, 11) is 1.48. The molecule has 2 heterocycles. The third-order valence-corrected chi connectivity index (χ3v) is 6.19. The van der Waals surface area contributed by atoms with Crippen molar-refractivity contribution in [2.75, 3.05) is 38.2 Å². The quantitative estimate of drug-likeness (QED) is 0.584. The summed E-state index contributed by atoms with van der Waals surface area (Å²) < 4.78 is 7.02. The van der Waals surface area contributed by atoms with Crippen LogP contribution >= 0.6 is 0 Å². The molecule has 0 unspecified atom stereocenters. The van der Waals surface area contributed by atoms with Crippen LogP contribution in [-0.2, 0) is 11.3 Å². The highest BCUT2D eigenvalue weighted by atomic mass is 16.5. The molecule has 3 aromatic rings. The molecule has 0 atom stereocenters. The number of hydrogen-bond donors (Lipinski definition) is 1. The number of carbonyl (C=O) groups is 3. The number of carbonyl (C=O) groups excluding carboxylic acids is 2. The van der Waals surface area contributed by atoms with Gasteiger partial charge in [-0.05, 0) is 39.0 Å². The van der Waals surface area contributed by atoms with Crippen LogP contribution in [0.2, 0.25) is 0 Å². The first kappa shape index (κ1) is 25.0. The molecule has 1 aliphatic heterocycles. The standard InChI is InChI=1S/C26H31N5O5/c1-26(2,3)31(25(34)35)21-14-19-16-30(27-20(19)15-22(21)36-4)17-23(32)28-10-12-29(13-11-28)24(33)18-8-6-5-7-9-18/h5-9,14-16H,10-13,17H2,1-4H3,(H,34,35). The van der Waals surface area contributed by atoms with Gasteiger partial charge in [0, 0.05) is 54.9 Å². The molecule has 0 saturated carbocycles. The number of anilines is 1. The van der Waals surface area contributed by atoms with E-state index in [-0.39, 0.29) is 18.4 Å². The Kier molecular flexibility index (Phi) is 6.87. The van der Waals surface area contributed by atoms with Crippen LogP contribution < -0.4 is 9.64 Å². The minimum atomic E-state index is -1.09. The van der Waals surface area contributed by atoms with E-state index in [4.69, 9.17) is 4.74 Å². The molecule has 10 heteroatoms. The maximum absolute atomic E-state index is 13.0. The van der Waals surface area contributed by atoms with E-state index in [1.807, 2.05) is 18.2 Å². The zero-order valence-corrected chi connectivity index (χ0v) is 21.0. The summed E-state index contributed by atoms with van der Waals surface area (Å²) in [6.45, 7) is 7.31. The maximum atomic E-state index is 13.0. The molecule has 1 N–H and O–H groups in total. The number of benzene rings is 2. The first-order valence-electron chi connectivity index (χ1n) is 11.8. The minimum Gasteiger partial charge on any atom is -0.494 e. The van der Waals surface area contributed by atoms with Crippen molar-refractivity contribution < 1.29 is 24.2 Å². The molecule has 0 radical (unpaired) electrons. The molecule has 0 spiro atoms. The van der Waals surface area contributed by atoms with Crippen LogP contribution in [-0.4, -0.2) is 81.4 Å². The SMILES string of the molecule is COc1cc2nn(CC(=O)N3CCN(C(=O)c4ccccc4)CC3)cc2cc1N(C(=O)O)C(C)(C)C. The van der Waals surface area contributed by atoms with Gasteiger partial charge in [-0.15, -0.1) is 0 Å². The molecule has 1 aromatic heterocycles. The Labute approximate surface area is 209 Å². The van der Waals surface area contributed by atoms with Gasteiger partial charge >= 0.3 is 6.09 Å². The molecule has 3 amide bonds. The number of hydrogen-bond acceptors (Lipinski definition) is 5. The molecular weight excluding hydrogens is 462 g/mol. The lowest BCUT2D eigenvalue weighted by Gasteiger charge is -2.34. The summed E-state index contributed by atoms with van der Waals surface area (Å²) in [5, 5.41) is 15.0. The first-order valence-corrected chi connectivity index (χ1v) is 11.8. The van der Waals surface area contributed by atoms with Gasteiger partial charge in [0.05, 0.1) is 18.3 Å². The van der Waals surface area contributed by atoms with Gasteiger partial charge in [0.1, 0.15) is 12.3 Å². The number of nitrogens with zero attached hydrogens (tertiary/aromatic N) is 5. The summed E-state index contributed by atoms with van der Waals surface area (Å²) in [6.07, 6.45) is 0.640.